The minimum absolute atomic E-state index is 0.00701. The maximum atomic E-state index is 12.1. The van der Waals surface area contributed by atoms with E-state index in [1.165, 1.54) is 0 Å². The number of carbonyl (C=O) groups excluding carboxylic acids is 1. The van der Waals surface area contributed by atoms with Crippen molar-refractivity contribution in [2.75, 3.05) is 7.11 Å². The van der Waals surface area contributed by atoms with Gasteiger partial charge in [0.1, 0.15) is 5.75 Å². The highest BCUT2D eigenvalue weighted by molar-refractivity contribution is 5.88. The summed E-state index contributed by atoms with van der Waals surface area (Å²) in [4.78, 5) is 15.3. The second kappa shape index (κ2) is 6.35. The van der Waals surface area contributed by atoms with Gasteiger partial charge in [-0.2, -0.15) is 0 Å². The molecule has 4 heteroatoms. The number of carbonyl (C=O) groups is 1. The van der Waals surface area contributed by atoms with Crippen molar-refractivity contribution in [3.05, 3.63) is 65.9 Å². The Morgan fingerprint density at radius 2 is 2.05 bits per heavy atom. The molecule has 4 nitrogen and oxygen atoms in total. The largest absolute Gasteiger partial charge is 0.497 e. The molecule has 3 rings (SSSR count). The first kappa shape index (κ1) is 14.2. The predicted molar refractivity (Wildman–Crippen MR) is 86.8 cm³/mol. The fourth-order valence-electron chi connectivity index (χ4n) is 2.50. The summed E-state index contributed by atoms with van der Waals surface area (Å²) in [5.41, 5.74) is 3.09. The maximum absolute atomic E-state index is 12.1. The molecule has 3 aromatic rings. The van der Waals surface area contributed by atoms with Gasteiger partial charge < -0.3 is 15.0 Å². The highest BCUT2D eigenvalue weighted by Gasteiger charge is 2.08. The molecule has 0 aliphatic heterocycles. The van der Waals surface area contributed by atoms with E-state index < -0.39 is 0 Å². The van der Waals surface area contributed by atoms with Crippen molar-refractivity contribution in [2.24, 2.45) is 0 Å². The van der Waals surface area contributed by atoms with Crippen LogP contribution < -0.4 is 10.1 Å². The lowest BCUT2D eigenvalue weighted by molar-refractivity contribution is -0.120. The van der Waals surface area contributed by atoms with E-state index in [9.17, 15) is 4.79 Å². The van der Waals surface area contributed by atoms with Gasteiger partial charge in [0, 0.05) is 23.6 Å². The zero-order chi connectivity index (χ0) is 15.4. The Bertz CT molecular complexity index is 792. The molecule has 2 aromatic carbocycles. The van der Waals surface area contributed by atoms with E-state index >= 15 is 0 Å². The van der Waals surface area contributed by atoms with E-state index in [0.29, 0.717) is 13.0 Å². The molecule has 0 unspecified atom stereocenters. The zero-order valence-electron chi connectivity index (χ0n) is 12.4. The number of benzene rings is 2. The lowest BCUT2D eigenvalue weighted by atomic mass is 10.1. The fourth-order valence-corrected chi connectivity index (χ4v) is 2.50. The van der Waals surface area contributed by atoms with Gasteiger partial charge in [0.2, 0.25) is 5.91 Å². The highest BCUT2D eigenvalue weighted by atomic mass is 16.5. The number of rotatable bonds is 5. The summed E-state index contributed by atoms with van der Waals surface area (Å²) in [6, 6.07) is 15.7. The van der Waals surface area contributed by atoms with Crippen molar-refractivity contribution in [3.63, 3.8) is 0 Å². The van der Waals surface area contributed by atoms with E-state index in [-0.39, 0.29) is 5.91 Å². The van der Waals surface area contributed by atoms with Crippen LogP contribution >= 0.6 is 0 Å². The van der Waals surface area contributed by atoms with Crippen molar-refractivity contribution in [1.82, 2.24) is 10.3 Å². The quantitative estimate of drug-likeness (QED) is 0.760. The number of ether oxygens (including phenoxy) is 1. The maximum Gasteiger partial charge on any atom is 0.224 e. The Labute approximate surface area is 129 Å². The number of para-hydroxylation sites is 1. The molecule has 0 radical (unpaired) electrons. The molecule has 2 N–H and O–H groups in total. The van der Waals surface area contributed by atoms with Crippen LogP contribution in [0.4, 0.5) is 0 Å². The van der Waals surface area contributed by atoms with E-state index in [1.54, 1.807) is 7.11 Å². The third-order valence-electron chi connectivity index (χ3n) is 3.65. The molecule has 0 fully saturated rings. The van der Waals surface area contributed by atoms with Crippen LogP contribution in [0.2, 0.25) is 0 Å². The summed E-state index contributed by atoms with van der Waals surface area (Å²) in [6.45, 7) is 0.498. The third-order valence-corrected chi connectivity index (χ3v) is 3.65. The molecule has 0 saturated heterocycles. The van der Waals surface area contributed by atoms with Gasteiger partial charge in [0.15, 0.2) is 0 Å². The number of amides is 1. The SMILES string of the molecule is COc1cccc(CNC(=O)Cc2c[nH]c3ccccc23)c1. The number of H-pyrrole nitrogens is 1. The summed E-state index contributed by atoms with van der Waals surface area (Å²) in [5, 5.41) is 4.04. The summed E-state index contributed by atoms with van der Waals surface area (Å²) in [6.07, 6.45) is 2.27. The zero-order valence-corrected chi connectivity index (χ0v) is 12.4. The van der Waals surface area contributed by atoms with Crippen LogP contribution in [0.1, 0.15) is 11.1 Å². The molecule has 0 bridgehead atoms. The van der Waals surface area contributed by atoms with Crippen LogP contribution in [-0.4, -0.2) is 18.0 Å². The van der Waals surface area contributed by atoms with E-state index in [1.807, 2.05) is 54.7 Å². The van der Waals surface area contributed by atoms with Crippen molar-refractivity contribution in [3.8, 4) is 5.75 Å². The Kier molecular flexibility index (Phi) is 4.10. The van der Waals surface area contributed by atoms with Crippen LogP contribution in [0.25, 0.3) is 10.9 Å². The Balaban J connectivity index is 1.63. The van der Waals surface area contributed by atoms with Gasteiger partial charge in [-0.15, -0.1) is 0 Å². The number of fused-ring (bicyclic) bond motifs is 1. The Hall–Kier alpha value is -2.75. The van der Waals surface area contributed by atoms with Crippen molar-refractivity contribution in [2.45, 2.75) is 13.0 Å². The first-order valence-corrected chi connectivity index (χ1v) is 7.21. The Morgan fingerprint density at radius 1 is 1.18 bits per heavy atom. The summed E-state index contributed by atoms with van der Waals surface area (Å²) in [5.74, 6) is 0.802. The number of methoxy groups -OCH3 is 1. The molecule has 0 aliphatic carbocycles. The lowest BCUT2D eigenvalue weighted by Gasteiger charge is -2.06. The summed E-state index contributed by atoms with van der Waals surface area (Å²) in [7, 11) is 1.63. The normalized spacial score (nSPS) is 10.6. The van der Waals surface area contributed by atoms with Crippen LogP contribution in [0.3, 0.4) is 0 Å². The van der Waals surface area contributed by atoms with Gasteiger partial charge in [-0.1, -0.05) is 30.3 Å². The molecule has 1 amide bonds. The minimum Gasteiger partial charge on any atom is -0.497 e. The topological polar surface area (TPSA) is 54.1 Å². The van der Waals surface area contributed by atoms with Gasteiger partial charge in [-0.05, 0) is 29.3 Å². The minimum atomic E-state index is 0.00701. The van der Waals surface area contributed by atoms with Gasteiger partial charge >= 0.3 is 0 Å². The molecule has 0 aliphatic rings. The molecule has 0 atom stereocenters. The van der Waals surface area contributed by atoms with E-state index in [2.05, 4.69) is 10.3 Å². The van der Waals surface area contributed by atoms with Crippen molar-refractivity contribution < 1.29 is 9.53 Å². The molecular weight excluding hydrogens is 276 g/mol. The van der Waals surface area contributed by atoms with E-state index in [4.69, 9.17) is 4.74 Å². The van der Waals surface area contributed by atoms with Gasteiger partial charge in [-0.25, -0.2) is 0 Å². The van der Waals surface area contributed by atoms with Crippen LogP contribution in [0.5, 0.6) is 5.75 Å². The number of hydrogen-bond acceptors (Lipinski definition) is 2. The van der Waals surface area contributed by atoms with Gasteiger partial charge in [0.05, 0.1) is 13.5 Å². The van der Waals surface area contributed by atoms with Crippen LogP contribution in [0.15, 0.2) is 54.7 Å². The monoisotopic (exact) mass is 294 g/mol. The van der Waals surface area contributed by atoms with Crippen LogP contribution in [0, 0.1) is 0 Å². The summed E-state index contributed by atoms with van der Waals surface area (Å²) < 4.78 is 5.18. The lowest BCUT2D eigenvalue weighted by Crippen LogP contribution is -2.24. The Morgan fingerprint density at radius 3 is 2.91 bits per heavy atom. The molecule has 22 heavy (non-hydrogen) atoms. The molecular formula is C18H18N2O2. The smallest absolute Gasteiger partial charge is 0.224 e. The summed E-state index contributed by atoms with van der Waals surface area (Å²) >= 11 is 0. The van der Waals surface area contributed by atoms with Gasteiger partial charge in [-0.3, -0.25) is 4.79 Å². The van der Waals surface area contributed by atoms with Crippen LogP contribution in [-0.2, 0) is 17.8 Å². The second-order valence-corrected chi connectivity index (χ2v) is 5.16. The molecule has 1 heterocycles. The van der Waals surface area contributed by atoms with E-state index in [0.717, 1.165) is 27.8 Å². The number of hydrogen-bond donors (Lipinski definition) is 2. The highest BCUT2D eigenvalue weighted by Crippen LogP contribution is 2.18. The number of aromatic nitrogens is 1. The standard InChI is InChI=1S/C18H18N2O2/c1-22-15-6-4-5-13(9-15)11-20-18(21)10-14-12-19-17-8-3-2-7-16(14)17/h2-9,12,19H,10-11H2,1H3,(H,20,21). The first-order chi connectivity index (χ1) is 10.8. The molecule has 1 aromatic heterocycles. The molecule has 0 saturated carbocycles. The number of nitrogens with one attached hydrogen (secondary N) is 2. The average molecular weight is 294 g/mol. The average Bonchev–Trinajstić information content (AvgIpc) is 2.96. The fraction of sp³-hybridized carbons (Fsp3) is 0.167. The first-order valence-electron chi connectivity index (χ1n) is 7.21. The van der Waals surface area contributed by atoms with Gasteiger partial charge in [0.25, 0.3) is 0 Å². The third kappa shape index (κ3) is 3.11. The number of aromatic amines is 1. The predicted octanol–water partition coefficient (Wildman–Crippen LogP) is 3.04. The molecule has 0 spiro atoms. The second-order valence-electron chi connectivity index (χ2n) is 5.16. The molecule has 112 valence electrons. The van der Waals surface area contributed by atoms with Crippen molar-refractivity contribution in [1.29, 1.82) is 0 Å². The van der Waals surface area contributed by atoms with Crippen molar-refractivity contribution >= 4 is 16.8 Å².